The molecule has 37 heavy (non-hydrogen) atoms. The Kier molecular flexibility index (Phi) is 6.22. The third-order valence-corrected chi connectivity index (χ3v) is 8.35. The van der Waals surface area contributed by atoms with E-state index in [-0.39, 0.29) is 23.7 Å². The number of rotatable bonds is 8. The Hall–Kier alpha value is -3.27. The molecule has 2 aromatic rings. The number of nitrogens with zero attached hydrogens (tertiary/aromatic N) is 5. The van der Waals surface area contributed by atoms with Crippen LogP contribution in [-0.2, 0) is 16.0 Å². The molecule has 0 radical (unpaired) electrons. The summed E-state index contributed by atoms with van der Waals surface area (Å²) < 4.78 is 15.0. The van der Waals surface area contributed by atoms with Crippen LogP contribution >= 0.6 is 0 Å². The first-order valence-electron chi connectivity index (χ1n) is 13.3. The monoisotopic (exact) mass is 507 g/mol. The molecule has 1 atom stereocenters. The molecule has 4 fully saturated rings. The Morgan fingerprint density at radius 3 is 2.65 bits per heavy atom. The SMILES string of the molecule is CN1CC2(C1)CN(c1ccc(Nc3ncc(CC4CCNC4=O)c(N(C=O)C4CCCC4)n3)cc1F)C2. The Morgan fingerprint density at radius 1 is 1.22 bits per heavy atom. The van der Waals surface area contributed by atoms with Gasteiger partial charge in [-0.1, -0.05) is 12.8 Å². The van der Waals surface area contributed by atoms with Crippen LogP contribution < -0.4 is 20.4 Å². The number of amides is 2. The predicted octanol–water partition coefficient (Wildman–Crippen LogP) is 2.70. The molecule has 10 heteroatoms. The highest BCUT2D eigenvalue weighted by Crippen LogP contribution is 2.42. The number of carbonyl (C=O) groups is 2. The zero-order chi connectivity index (χ0) is 25.6. The molecular formula is C27H34FN7O2. The van der Waals surface area contributed by atoms with Gasteiger partial charge in [0.05, 0.1) is 5.69 Å². The lowest BCUT2D eigenvalue weighted by atomic mass is 9.73. The van der Waals surface area contributed by atoms with Gasteiger partial charge in [-0.25, -0.2) is 9.37 Å². The molecular weight excluding hydrogens is 473 g/mol. The van der Waals surface area contributed by atoms with Crippen LogP contribution in [0.1, 0.15) is 37.7 Å². The first kappa shape index (κ1) is 24.1. The van der Waals surface area contributed by atoms with Crippen molar-refractivity contribution in [3.05, 3.63) is 35.8 Å². The van der Waals surface area contributed by atoms with Crippen molar-refractivity contribution in [2.24, 2.45) is 11.3 Å². The molecule has 2 amide bonds. The Balaban J connectivity index is 1.21. The van der Waals surface area contributed by atoms with Crippen LogP contribution in [0, 0.1) is 17.2 Å². The lowest BCUT2D eigenvalue weighted by molar-refractivity contribution is -0.122. The van der Waals surface area contributed by atoms with Crippen LogP contribution in [0.3, 0.4) is 0 Å². The topological polar surface area (TPSA) is 93.7 Å². The Labute approximate surface area is 216 Å². The summed E-state index contributed by atoms with van der Waals surface area (Å²) in [6.45, 7) is 4.58. The molecule has 4 aliphatic rings. The molecule has 6 rings (SSSR count). The van der Waals surface area contributed by atoms with Gasteiger partial charge in [-0.2, -0.15) is 4.98 Å². The fraction of sp³-hybridized carbons (Fsp3) is 0.556. The first-order valence-corrected chi connectivity index (χ1v) is 13.3. The van der Waals surface area contributed by atoms with E-state index < -0.39 is 0 Å². The van der Waals surface area contributed by atoms with Crippen molar-refractivity contribution in [1.82, 2.24) is 20.2 Å². The van der Waals surface area contributed by atoms with Gasteiger partial charge < -0.3 is 20.4 Å². The van der Waals surface area contributed by atoms with Gasteiger partial charge in [0.15, 0.2) is 0 Å². The number of halogens is 1. The third kappa shape index (κ3) is 4.63. The van der Waals surface area contributed by atoms with Gasteiger partial charge in [-0.05, 0) is 50.9 Å². The average Bonchev–Trinajstić information content (AvgIpc) is 3.50. The maximum Gasteiger partial charge on any atom is 0.229 e. The minimum Gasteiger partial charge on any atom is -0.368 e. The predicted molar refractivity (Wildman–Crippen MR) is 139 cm³/mol. The van der Waals surface area contributed by atoms with Crippen molar-refractivity contribution in [3.63, 3.8) is 0 Å². The van der Waals surface area contributed by atoms with E-state index in [2.05, 4.69) is 32.5 Å². The summed E-state index contributed by atoms with van der Waals surface area (Å²) in [5.74, 6) is 0.428. The average molecular weight is 508 g/mol. The number of benzene rings is 1. The van der Waals surface area contributed by atoms with Crippen LogP contribution in [0.5, 0.6) is 0 Å². The highest BCUT2D eigenvalue weighted by molar-refractivity contribution is 5.82. The van der Waals surface area contributed by atoms with Gasteiger partial charge in [0, 0.05) is 67.5 Å². The van der Waals surface area contributed by atoms with Crippen molar-refractivity contribution in [2.45, 2.75) is 44.6 Å². The first-order chi connectivity index (χ1) is 17.9. The van der Waals surface area contributed by atoms with Crippen LogP contribution in [0.2, 0.25) is 0 Å². The molecule has 1 aromatic carbocycles. The van der Waals surface area contributed by atoms with E-state index in [9.17, 15) is 9.59 Å². The quantitative estimate of drug-likeness (QED) is 0.531. The van der Waals surface area contributed by atoms with Crippen LogP contribution in [0.25, 0.3) is 0 Å². The molecule has 3 aliphatic heterocycles. The van der Waals surface area contributed by atoms with E-state index in [1.807, 2.05) is 6.07 Å². The van der Waals surface area contributed by atoms with E-state index in [1.165, 1.54) is 6.07 Å². The normalized spacial score (nSPS) is 23.0. The van der Waals surface area contributed by atoms with E-state index in [0.717, 1.165) is 70.3 Å². The van der Waals surface area contributed by atoms with Crippen molar-refractivity contribution in [2.75, 3.05) is 54.9 Å². The zero-order valence-corrected chi connectivity index (χ0v) is 21.3. The molecule has 1 aliphatic carbocycles. The molecule has 2 N–H and O–H groups in total. The third-order valence-electron chi connectivity index (χ3n) is 8.35. The summed E-state index contributed by atoms with van der Waals surface area (Å²) in [5.41, 5.74) is 2.27. The maximum atomic E-state index is 15.0. The van der Waals surface area contributed by atoms with Gasteiger partial charge in [0.25, 0.3) is 0 Å². The molecule has 1 saturated carbocycles. The van der Waals surface area contributed by atoms with Gasteiger partial charge in [-0.15, -0.1) is 0 Å². The summed E-state index contributed by atoms with van der Waals surface area (Å²) in [6, 6.07) is 5.20. The van der Waals surface area contributed by atoms with Crippen molar-refractivity contribution in [3.8, 4) is 0 Å². The molecule has 196 valence electrons. The second-order valence-electron chi connectivity index (χ2n) is 11.3. The second-order valence-corrected chi connectivity index (χ2v) is 11.3. The molecule has 1 unspecified atom stereocenters. The number of hydrogen-bond donors (Lipinski definition) is 2. The van der Waals surface area contributed by atoms with E-state index >= 15 is 4.39 Å². The minimum atomic E-state index is -0.280. The number of likely N-dealkylation sites (tertiary alicyclic amines) is 1. The Morgan fingerprint density at radius 2 is 2.00 bits per heavy atom. The van der Waals surface area contributed by atoms with E-state index in [1.54, 1.807) is 17.2 Å². The van der Waals surface area contributed by atoms with E-state index in [0.29, 0.717) is 41.5 Å². The Bertz CT molecular complexity index is 1190. The molecule has 1 aromatic heterocycles. The fourth-order valence-electron chi connectivity index (χ4n) is 6.63. The van der Waals surface area contributed by atoms with Gasteiger partial charge in [0.2, 0.25) is 18.3 Å². The largest absolute Gasteiger partial charge is 0.368 e. The number of aromatic nitrogens is 2. The molecule has 3 saturated heterocycles. The smallest absolute Gasteiger partial charge is 0.229 e. The summed E-state index contributed by atoms with van der Waals surface area (Å²) in [4.78, 5) is 39.7. The summed E-state index contributed by atoms with van der Waals surface area (Å²) in [7, 11) is 2.11. The van der Waals surface area contributed by atoms with Gasteiger partial charge in [-0.3, -0.25) is 14.5 Å². The lowest BCUT2D eigenvalue weighted by Crippen LogP contribution is -2.71. The van der Waals surface area contributed by atoms with Crippen molar-refractivity contribution >= 4 is 35.5 Å². The number of carbonyl (C=O) groups excluding carboxylic acids is 2. The molecule has 0 bridgehead atoms. The zero-order valence-electron chi connectivity index (χ0n) is 21.3. The van der Waals surface area contributed by atoms with Crippen LogP contribution in [-0.4, -0.2) is 73.0 Å². The molecule has 1 spiro atoms. The van der Waals surface area contributed by atoms with Crippen molar-refractivity contribution in [1.29, 1.82) is 0 Å². The van der Waals surface area contributed by atoms with Crippen LogP contribution in [0.15, 0.2) is 24.4 Å². The fourth-order valence-corrected chi connectivity index (χ4v) is 6.63. The molecule has 9 nitrogen and oxygen atoms in total. The van der Waals surface area contributed by atoms with Gasteiger partial charge >= 0.3 is 0 Å². The van der Waals surface area contributed by atoms with E-state index in [4.69, 9.17) is 4.98 Å². The van der Waals surface area contributed by atoms with Crippen LogP contribution in [0.4, 0.5) is 27.5 Å². The second kappa shape index (κ2) is 9.55. The maximum absolute atomic E-state index is 15.0. The minimum absolute atomic E-state index is 0.0275. The molecule has 4 heterocycles. The number of nitrogens with one attached hydrogen (secondary N) is 2. The van der Waals surface area contributed by atoms with Crippen molar-refractivity contribution < 1.29 is 14.0 Å². The highest BCUT2D eigenvalue weighted by atomic mass is 19.1. The summed E-state index contributed by atoms with van der Waals surface area (Å²) >= 11 is 0. The van der Waals surface area contributed by atoms with Gasteiger partial charge in [0.1, 0.15) is 11.6 Å². The number of anilines is 4. The standard InChI is InChI=1S/C27H34FN7O2/c1-33-13-27(14-33)15-34(16-27)23-7-6-20(11-22(23)28)31-26-30-12-19(10-18-8-9-29-25(18)37)24(32-26)35(17-36)21-4-2-3-5-21/h6-7,11-12,17-18,21H,2-5,8-10,13-16H2,1H3,(H,29,37)(H,30,31,32). The number of hydrogen-bond acceptors (Lipinski definition) is 7. The summed E-state index contributed by atoms with van der Waals surface area (Å²) in [5, 5.41) is 6.00. The lowest BCUT2D eigenvalue weighted by Gasteiger charge is -2.60. The summed E-state index contributed by atoms with van der Waals surface area (Å²) in [6.07, 6.45) is 7.78. The highest BCUT2D eigenvalue weighted by Gasteiger charge is 2.50.